The highest BCUT2D eigenvalue weighted by atomic mass is 16.5. The molecule has 8 heteroatoms. The van der Waals surface area contributed by atoms with Crippen molar-refractivity contribution in [3.8, 4) is 5.88 Å². The molecule has 3 rings (SSSR count). The first-order valence-corrected chi connectivity index (χ1v) is 8.93. The molecule has 0 saturated carbocycles. The number of pyridine rings is 3. The quantitative estimate of drug-likeness (QED) is 0.604. The number of methoxy groups -OCH3 is 1. The maximum Gasteiger partial charge on any atom is 0.303 e. The third-order valence-electron chi connectivity index (χ3n) is 4.31. The first-order chi connectivity index (χ1) is 14.1. The van der Waals surface area contributed by atoms with Crippen LogP contribution in [0.4, 0.5) is 0 Å². The molecular formula is C21H20N4O4. The number of carbonyl (C=O) groups is 2. The summed E-state index contributed by atoms with van der Waals surface area (Å²) in [5.41, 5.74) is 0.0938. The van der Waals surface area contributed by atoms with E-state index in [0.717, 1.165) is 0 Å². The molecule has 3 heterocycles. The van der Waals surface area contributed by atoms with Gasteiger partial charge in [0.25, 0.3) is 0 Å². The summed E-state index contributed by atoms with van der Waals surface area (Å²) in [4.78, 5) is 37.1. The smallest absolute Gasteiger partial charge is 0.303 e. The van der Waals surface area contributed by atoms with Crippen LogP contribution in [-0.2, 0) is 15.1 Å². The van der Waals surface area contributed by atoms with Gasteiger partial charge >= 0.3 is 5.97 Å². The van der Waals surface area contributed by atoms with Crippen LogP contribution in [0.3, 0.4) is 0 Å². The molecule has 0 atom stereocenters. The van der Waals surface area contributed by atoms with Gasteiger partial charge in [-0.15, -0.1) is 0 Å². The normalized spacial score (nSPS) is 10.9. The van der Waals surface area contributed by atoms with Gasteiger partial charge in [-0.25, -0.2) is 4.98 Å². The highest BCUT2D eigenvalue weighted by molar-refractivity contribution is 5.82. The number of carboxylic acid groups (broad SMARTS) is 1. The molecule has 0 aromatic carbocycles. The molecule has 0 aliphatic heterocycles. The van der Waals surface area contributed by atoms with Gasteiger partial charge in [0.1, 0.15) is 0 Å². The van der Waals surface area contributed by atoms with Gasteiger partial charge < -0.3 is 15.2 Å². The molecule has 8 nitrogen and oxygen atoms in total. The minimum absolute atomic E-state index is 0.194. The van der Waals surface area contributed by atoms with Crippen LogP contribution in [0.1, 0.15) is 29.9 Å². The molecule has 0 saturated heterocycles. The van der Waals surface area contributed by atoms with E-state index in [2.05, 4.69) is 20.3 Å². The largest absolute Gasteiger partial charge is 0.481 e. The molecule has 0 bridgehead atoms. The molecule has 0 radical (unpaired) electrons. The Morgan fingerprint density at radius 1 is 0.931 bits per heavy atom. The predicted octanol–water partition coefficient (Wildman–Crippen LogP) is 2.15. The minimum atomic E-state index is -1.33. The molecular weight excluding hydrogens is 372 g/mol. The number of amides is 1. The van der Waals surface area contributed by atoms with Crippen molar-refractivity contribution in [3.05, 3.63) is 84.1 Å². The van der Waals surface area contributed by atoms with Crippen molar-refractivity contribution < 1.29 is 19.4 Å². The first kappa shape index (κ1) is 19.9. The highest BCUT2D eigenvalue weighted by Crippen LogP contribution is 2.34. The van der Waals surface area contributed by atoms with Crippen LogP contribution in [0, 0.1) is 0 Å². The third kappa shape index (κ3) is 4.37. The standard InChI is InChI=1S/C21H20N4O4/c1-29-19-10-6-9-17(24-19)21(15-7-2-4-13-22-15,16-8-3-5-14-23-16)25-18(26)11-12-20(27)28/h2-10,13-14H,11-12H2,1H3,(H,25,26)(H,27,28). The van der Waals surface area contributed by atoms with Crippen LogP contribution in [-0.4, -0.2) is 39.0 Å². The summed E-state index contributed by atoms with van der Waals surface area (Å²) in [5.74, 6) is -1.16. The van der Waals surface area contributed by atoms with Gasteiger partial charge in [-0.3, -0.25) is 19.6 Å². The van der Waals surface area contributed by atoms with Crippen molar-refractivity contribution in [1.29, 1.82) is 0 Å². The summed E-state index contributed by atoms with van der Waals surface area (Å²) in [6.07, 6.45) is 2.73. The van der Waals surface area contributed by atoms with Crippen molar-refractivity contribution in [2.75, 3.05) is 7.11 Å². The number of rotatable bonds is 8. The Kier molecular flexibility index (Phi) is 6.13. The van der Waals surface area contributed by atoms with Gasteiger partial charge in [0.05, 0.1) is 30.6 Å². The Labute approximate surface area is 167 Å². The van der Waals surface area contributed by atoms with Gasteiger partial charge in [-0.2, -0.15) is 0 Å². The maximum absolute atomic E-state index is 12.7. The lowest BCUT2D eigenvalue weighted by Gasteiger charge is -2.33. The van der Waals surface area contributed by atoms with Crippen molar-refractivity contribution in [2.24, 2.45) is 0 Å². The van der Waals surface area contributed by atoms with Crippen LogP contribution < -0.4 is 10.1 Å². The zero-order valence-electron chi connectivity index (χ0n) is 15.8. The monoisotopic (exact) mass is 392 g/mol. The van der Waals surface area contributed by atoms with Crippen LogP contribution in [0.2, 0.25) is 0 Å². The molecule has 0 spiro atoms. The summed E-state index contributed by atoms with van der Waals surface area (Å²) in [6.45, 7) is 0. The van der Waals surface area contributed by atoms with E-state index < -0.39 is 17.4 Å². The van der Waals surface area contributed by atoms with Crippen LogP contribution in [0.15, 0.2) is 67.0 Å². The molecule has 0 unspecified atom stereocenters. The molecule has 3 aromatic rings. The fraction of sp³-hybridized carbons (Fsp3) is 0.190. The van der Waals surface area contributed by atoms with Gasteiger partial charge in [0, 0.05) is 24.9 Å². The summed E-state index contributed by atoms with van der Waals surface area (Å²) in [6, 6.07) is 15.8. The van der Waals surface area contributed by atoms with Crippen LogP contribution in [0.25, 0.3) is 0 Å². The second kappa shape index (κ2) is 8.92. The molecule has 2 N–H and O–H groups in total. The lowest BCUT2D eigenvalue weighted by Crippen LogP contribution is -2.49. The number of aliphatic carboxylic acids is 1. The fourth-order valence-electron chi connectivity index (χ4n) is 2.98. The van der Waals surface area contributed by atoms with E-state index in [0.29, 0.717) is 23.0 Å². The first-order valence-electron chi connectivity index (χ1n) is 8.93. The number of nitrogens with zero attached hydrogens (tertiary/aromatic N) is 3. The number of carbonyl (C=O) groups excluding carboxylic acids is 1. The van der Waals surface area contributed by atoms with E-state index in [4.69, 9.17) is 9.84 Å². The fourth-order valence-corrected chi connectivity index (χ4v) is 2.98. The van der Waals surface area contributed by atoms with E-state index in [1.54, 1.807) is 67.0 Å². The number of ether oxygens (including phenoxy) is 1. The lowest BCUT2D eigenvalue weighted by molar-refractivity contribution is -0.139. The summed E-state index contributed by atoms with van der Waals surface area (Å²) >= 11 is 0. The molecule has 1 amide bonds. The van der Waals surface area contributed by atoms with Gasteiger partial charge in [-0.1, -0.05) is 18.2 Å². The minimum Gasteiger partial charge on any atom is -0.481 e. The van der Waals surface area contributed by atoms with Gasteiger partial charge in [-0.05, 0) is 30.3 Å². The number of hydrogen-bond donors (Lipinski definition) is 2. The summed E-state index contributed by atoms with van der Waals surface area (Å²) < 4.78 is 5.26. The molecule has 0 fully saturated rings. The van der Waals surface area contributed by atoms with E-state index in [1.165, 1.54) is 7.11 Å². The van der Waals surface area contributed by atoms with Gasteiger partial charge in [0.2, 0.25) is 11.8 Å². The predicted molar refractivity (Wildman–Crippen MR) is 104 cm³/mol. The van der Waals surface area contributed by atoms with Crippen LogP contribution in [0.5, 0.6) is 5.88 Å². The third-order valence-corrected chi connectivity index (χ3v) is 4.31. The zero-order valence-corrected chi connectivity index (χ0v) is 15.8. The SMILES string of the molecule is COc1cccc(C(NC(=O)CCC(=O)O)(c2ccccn2)c2ccccn2)n1. The number of hydrogen-bond acceptors (Lipinski definition) is 6. The lowest BCUT2D eigenvalue weighted by atomic mass is 9.85. The Balaban J connectivity index is 2.21. The topological polar surface area (TPSA) is 114 Å². The highest BCUT2D eigenvalue weighted by Gasteiger charge is 2.42. The van der Waals surface area contributed by atoms with E-state index in [-0.39, 0.29) is 12.8 Å². The second-order valence-electron chi connectivity index (χ2n) is 6.19. The van der Waals surface area contributed by atoms with Crippen LogP contribution >= 0.6 is 0 Å². The molecule has 29 heavy (non-hydrogen) atoms. The Morgan fingerprint density at radius 2 is 1.55 bits per heavy atom. The Hall–Kier alpha value is -3.81. The molecule has 0 aliphatic carbocycles. The van der Waals surface area contributed by atoms with E-state index in [1.807, 2.05) is 0 Å². The number of aromatic nitrogens is 3. The van der Waals surface area contributed by atoms with Crippen molar-refractivity contribution in [2.45, 2.75) is 18.4 Å². The second-order valence-corrected chi connectivity index (χ2v) is 6.19. The summed E-state index contributed by atoms with van der Waals surface area (Å²) in [7, 11) is 1.50. The van der Waals surface area contributed by atoms with Gasteiger partial charge in [0.15, 0.2) is 5.54 Å². The van der Waals surface area contributed by atoms with E-state index in [9.17, 15) is 9.59 Å². The van der Waals surface area contributed by atoms with E-state index >= 15 is 0 Å². The Bertz CT molecular complexity index is 941. The summed E-state index contributed by atoms with van der Waals surface area (Å²) in [5, 5.41) is 11.9. The average molecular weight is 392 g/mol. The number of carboxylic acids is 1. The van der Waals surface area contributed by atoms with Crippen molar-refractivity contribution in [3.63, 3.8) is 0 Å². The molecule has 0 aliphatic rings. The van der Waals surface area contributed by atoms with Crippen molar-refractivity contribution in [1.82, 2.24) is 20.3 Å². The Morgan fingerprint density at radius 3 is 2.07 bits per heavy atom. The molecule has 3 aromatic heterocycles. The number of nitrogens with one attached hydrogen (secondary N) is 1. The maximum atomic E-state index is 12.7. The molecule has 148 valence electrons. The zero-order chi connectivity index (χ0) is 20.7. The van der Waals surface area contributed by atoms with Crippen molar-refractivity contribution >= 4 is 11.9 Å². The average Bonchev–Trinajstić information content (AvgIpc) is 2.77.